The van der Waals surface area contributed by atoms with Crippen molar-refractivity contribution in [3.63, 3.8) is 0 Å². The second-order valence-electron chi connectivity index (χ2n) is 5.48. The van der Waals surface area contributed by atoms with Crippen molar-refractivity contribution in [1.82, 2.24) is 4.98 Å². The van der Waals surface area contributed by atoms with E-state index in [0.29, 0.717) is 11.7 Å². The third-order valence-electron chi connectivity index (χ3n) is 3.87. The van der Waals surface area contributed by atoms with Crippen LogP contribution in [-0.4, -0.2) is 4.98 Å². The highest BCUT2D eigenvalue weighted by molar-refractivity contribution is 5.68. The zero-order valence-electron chi connectivity index (χ0n) is 12.8. The molecule has 1 heterocycles. The summed E-state index contributed by atoms with van der Waals surface area (Å²) < 4.78 is 18.8. The first kappa shape index (κ1) is 14.4. The van der Waals surface area contributed by atoms with E-state index in [9.17, 15) is 4.39 Å². The van der Waals surface area contributed by atoms with Crippen LogP contribution >= 0.6 is 0 Å². The van der Waals surface area contributed by atoms with Crippen LogP contribution < -0.4 is 0 Å². The first-order valence-electron chi connectivity index (χ1n) is 7.67. The molecule has 0 aliphatic heterocycles. The fourth-order valence-electron chi connectivity index (χ4n) is 2.59. The fraction of sp³-hybridized carbons (Fsp3) is 0. The Kier molecular flexibility index (Phi) is 3.67. The van der Waals surface area contributed by atoms with Gasteiger partial charge in [0, 0.05) is 11.1 Å². The predicted molar refractivity (Wildman–Crippen MR) is 92.8 cm³/mol. The van der Waals surface area contributed by atoms with Crippen LogP contribution in [0.3, 0.4) is 0 Å². The summed E-state index contributed by atoms with van der Waals surface area (Å²) >= 11 is 0. The number of halogens is 1. The van der Waals surface area contributed by atoms with Crippen LogP contribution in [0.1, 0.15) is 0 Å². The third kappa shape index (κ3) is 2.84. The molecule has 0 spiro atoms. The van der Waals surface area contributed by atoms with Crippen molar-refractivity contribution in [2.24, 2.45) is 0 Å². The van der Waals surface area contributed by atoms with E-state index in [1.165, 1.54) is 17.7 Å². The molecule has 1 aromatic heterocycles. The van der Waals surface area contributed by atoms with Crippen molar-refractivity contribution in [2.45, 2.75) is 0 Å². The van der Waals surface area contributed by atoms with Crippen LogP contribution in [-0.2, 0) is 0 Å². The number of oxazole rings is 1. The maximum Gasteiger partial charge on any atom is 0.226 e. The minimum absolute atomic E-state index is 0.276. The van der Waals surface area contributed by atoms with Gasteiger partial charge in [-0.3, -0.25) is 0 Å². The Morgan fingerprint density at radius 3 is 1.92 bits per heavy atom. The number of hydrogen-bond acceptors (Lipinski definition) is 2. The predicted octanol–water partition coefficient (Wildman–Crippen LogP) is 5.81. The van der Waals surface area contributed by atoms with Crippen LogP contribution in [0.15, 0.2) is 89.5 Å². The SMILES string of the molecule is Fc1ccc(-c2ncc(-c3ccc(-c4ccccc4)cc3)o2)cc1. The van der Waals surface area contributed by atoms with E-state index in [1.54, 1.807) is 18.3 Å². The molecule has 0 fully saturated rings. The van der Waals surface area contributed by atoms with E-state index in [0.717, 1.165) is 16.7 Å². The maximum atomic E-state index is 13.0. The topological polar surface area (TPSA) is 26.0 Å². The van der Waals surface area contributed by atoms with E-state index in [2.05, 4.69) is 29.2 Å². The summed E-state index contributed by atoms with van der Waals surface area (Å²) in [5.41, 5.74) is 4.03. The summed E-state index contributed by atoms with van der Waals surface area (Å²) in [5, 5.41) is 0. The molecule has 0 N–H and O–H groups in total. The van der Waals surface area contributed by atoms with Crippen molar-refractivity contribution < 1.29 is 8.81 Å². The lowest BCUT2D eigenvalue weighted by Crippen LogP contribution is -1.78. The summed E-state index contributed by atoms with van der Waals surface area (Å²) in [4.78, 5) is 4.28. The molecule has 0 aliphatic rings. The van der Waals surface area contributed by atoms with E-state index in [4.69, 9.17) is 4.42 Å². The molecular weight excluding hydrogens is 301 g/mol. The monoisotopic (exact) mass is 315 g/mol. The van der Waals surface area contributed by atoms with Crippen LogP contribution in [0.25, 0.3) is 33.9 Å². The van der Waals surface area contributed by atoms with Crippen molar-refractivity contribution in [3.8, 4) is 33.9 Å². The molecule has 0 bridgehead atoms. The van der Waals surface area contributed by atoms with Crippen LogP contribution in [0.5, 0.6) is 0 Å². The lowest BCUT2D eigenvalue weighted by Gasteiger charge is -2.02. The molecule has 4 aromatic rings. The molecule has 4 rings (SSSR count). The van der Waals surface area contributed by atoms with Gasteiger partial charge in [0.15, 0.2) is 5.76 Å². The van der Waals surface area contributed by atoms with Gasteiger partial charge < -0.3 is 4.42 Å². The van der Waals surface area contributed by atoms with Gasteiger partial charge in [0.2, 0.25) is 5.89 Å². The van der Waals surface area contributed by atoms with Gasteiger partial charge in [-0.25, -0.2) is 9.37 Å². The van der Waals surface area contributed by atoms with Crippen LogP contribution in [0, 0.1) is 5.82 Å². The summed E-state index contributed by atoms with van der Waals surface area (Å²) in [6, 6.07) is 24.5. The summed E-state index contributed by atoms with van der Waals surface area (Å²) in [7, 11) is 0. The molecule has 24 heavy (non-hydrogen) atoms. The van der Waals surface area contributed by atoms with Gasteiger partial charge in [-0.05, 0) is 35.4 Å². The Labute approximate surface area is 139 Å². The molecule has 0 saturated carbocycles. The van der Waals surface area contributed by atoms with Crippen molar-refractivity contribution in [3.05, 3.63) is 90.9 Å². The van der Waals surface area contributed by atoms with Gasteiger partial charge in [0.25, 0.3) is 0 Å². The minimum atomic E-state index is -0.276. The largest absolute Gasteiger partial charge is 0.436 e. The Morgan fingerprint density at radius 1 is 0.625 bits per heavy atom. The average molecular weight is 315 g/mol. The number of nitrogens with zero attached hydrogens (tertiary/aromatic N) is 1. The molecule has 2 nitrogen and oxygen atoms in total. The fourth-order valence-corrected chi connectivity index (χ4v) is 2.59. The normalized spacial score (nSPS) is 10.7. The summed E-state index contributed by atoms with van der Waals surface area (Å²) in [6.07, 6.45) is 1.69. The number of aromatic nitrogens is 1. The van der Waals surface area contributed by atoms with Crippen LogP contribution in [0.2, 0.25) is 0 Å². The lowest BCUT2D eigenvalue weighted by molar-refractivity contribution is 0.588. The summed E-state index contributed by atoms with van der Waals surface area (Å²) in [6.45, 7) is 0. The average Bonchev–Trinajstić information content (AvgIpc) is 3.13. The quantitative estimate of drug-likeness (QED) is 0.476. The molecule has 0 unspecified atom stereocenters. The second-order valence-corrected chi connectivity index (χ2v) is 5.48. The molecule has 0 atom stereocenters. The Hall–Kier alpha value is -3.20. The number of benzene rings is 3. The van der Waals surface area contributed by atoms with E-state index >= 15 is 0 Å². The van der Waals surface area contributed by atoms with Gasteiger partial charge in [0.05, 0.1) is 6.20 Å². The number of rotatable bonds is 3. The first-order valence-corrected chi connectivity index (χ1v) is 7.67. The Balaban J connectivity index is 1.62. The molecule has 0 amide bonds. The van der Waals surface area contributed by atoms with Crippen molar-refractivity contribution in [1.29, 1.82) is 0 Å². The van der Waals surface area contributed by atoms with Gasteiger partial charge in [0.1, 0.15) is 5.82 Å². The zero-order chi connectivity index (χ0) is 16.4. The molecule has 0 radical (unpaired) electrons. The molecule has 0 aliphatic carbocycles. The maximum absolute atomic E-state index is 13.0. The first-order chi connectivity index (χ1) is 11.8. The summed E-state index contributed by atoms with van der Waals surface area (Å²) in [5.74, 6) is 0.896. The smallest absolute Gasteiger partial charge is 0.226 e. The lowest BCUT2D eigenvalue weighted by atomic mass is 10.0. The standard InChI is InChI=1S/C21H14FNO/c22-19-12-10-18(11-13-19)21-23-14-20(24-21)17-8-6-16(7-9-17)15-4-2-1-3-5-15/h1-14H. The van der Waals surface area contributed by atoms with Gasteiger partial charge in [-0.1, -0.05) is 54.6 Å². The molecule has 3 heteroatoms. The molecule has 116 valence electrons. The van der Waals surface area contributed by atoms with E-state index in [-0.39, 0.29) is 5.82 Å². The molecular formula is C21H14FNO. The van der Waals surface area contributed by atoms with Gasteiger partial charge >= 0.3 is 0 Å². The zero-order valence-corrected chi connectivity index (χ0v) is 12.8. The second kappa shape index (κ2) is 6.13. The van der Waals surface area contributed by atoms with Gasteiger partial charge in [-0.15, -0.1) is 0 Å². The van der Waals surface area contributed by atoms with E-state index in [1.807, 2.05) is 30.3 Å². The highest BCUT2D eigenvalue weighted by Gasteiger charge is 2.09. The van der Waals surface area contributed by atoms with E-state index < -0.39 is 0 Å². The van der Waals surface area contributed by atoms with Crippen LogP contribution in [0.4, 0.5) is 4.39 Å². The molecule has 0 saturated heterocycles. The van der Waals surface area contributed by atoms with Crippen molar-refractivity contribution >= 4 is 0 Å². The Bertz CT molecular complexity index is 941. The highest BCUT2D eigenvalue weighted by atomic mass is 19.1. The third-order valence-corrected chi connectivity index (χ3v) is 3.87. The Morgan fingerprint density at radius 2 is 1.21 bits per heavy atom. The molecule has 3 aromatic carbocycles. The van der Waals surface area contributed by atoms with Crippen molar-refractivity contribution in [2.75, 3.05) is 0 Å². The minimum Gasteiger partial charge on any atom is -0.436 e. The highest BCUT2D eigenvalue weighted by Crippen LogP contribution is 2.28. The van der Waals surface area contributed by atoms with Gasteiger partial charge in [-0.2, -0.15) is 0 Å². The number of hydrogen-bond donors (Lipinski definition) is 0.